The van der Waals surface area contributed by atoms with Gasteiger partial charge in [0.25, 0.3) is 5.69 Å². The number of nitrogens with one attached hydrogen (secondary N) is 1. The van der Waals surface area contributed by atoms with Crippen molar-refractivity contribution < 1.29 is 18.1 Å². The minimum Gasteiger partial charge on any atom is -0.385 e. The minimum atomic E-state index is -4.11. The van der Waals surface area contributed by atoms with Gasteiger partial charge in [-0.05, 0) is 31.4 Å². The molecule has 106 valence electrons. The second-order valence-corrected chi connectivity index (χ2v) is 4.26. The van der Waals surface area contributed by atoms with E-state index >= 15 is 0 Å². The van der Waals surface area contributed by atoms with Crippen LogP contribution in [-0.2, 0) is 0 Å². The lowest BCUT2D eigenvalue weighted by Gasteiger charge is -2.10. The van der Waals surface area contributed by atoms with Gasteiger partial charge >= 0.3 is 6.18 Å². The molecule has 0 aliphatic heterocycles. The number of alkyl halides is 3. The summed E-state index contributed by atoms with van der Waals surface area (Å²) in [5.74, 6) is 0. The standard InChI is InChI=1S/C12H15F3N2O2/c1-9-8-10(17(18)19)4-5-11(9)16-7-3-2-6-12(13,14)15/h4-5,8,16H,2-3,6-7H2,1H3. The monoisotopic (exact) mass is 276 g/mol. The van der Waals surface area contributed by atoms with E-state index in [1.54, 1.807) is 13.0 Å². The number of nitrogens with zero attached hydrogens (tertiary/aromatic N) is 1. The molecule has 0 bridgehead atoms. The van der Waals surface area contributed by atoms with Gasteiger partial charge in [0, 0.05) is 30.8 Å². The van der Waals surface area contributed by atoms with Gasteiger partial charge in [-0.2, -0.15) is 13.2 Å². The molecule has 0 radical (unpaired) electrons. The number of hydrogen-bond donors (Lipinski definition) is 1. The van der Waals surface area contributed by atoms with Crippen LogP contribution in [0.5, 0.6) is 0 Å². The number of hydrogen-bond acceptors (Lipinski definition) is 3. The Labute approximate surface area is 108 Å². The molecule has 0 spiro atoms. The van der Waals surface area contributed by atoms with Crippen molar-refractivity contribution in [3.63, 3.8) is 0 Å². The molecule has 0 unspecified atom stereocenters. The van der Waals surface area contributed by atoms with E-state index in [-0.39, 0.29) is 12.1 Å². The minimum absolute atomic E-state index is 0.000112. The Morgan fingerprint density at radius 1 is 1.32 bits per heavy atom. The van der Waals surface area contributed by atoms with Crippen LogP contribution in [0.2, 0.25) is 0 Å². The van der Waals surface area contributed by atoms with E-state index in [0.29, 0.717) is 24.2 Å². The maximum atomic E-state index is 11.9. The van der Waals surface area contributed by atoms with Crippen LogP contribution in [0, 0.1) is 17.0 Å². The molecule has 1 aromatic carbocycles. The number of nitro groups is 1. The quantitative estimate of drug-likeness (QED) is 0.484. The largest absolute Gasteiger partial charge is 0.389 e. The molecule has 0 atom stereocenters. The summed E-state index contributed by atoms with van der Waals surface area (Å²) in [5, 5.41) is 13.5. The average Bonchev–Trinajstić information content (AvgIpc) is 2.28. The fraction of sp³-hybridized carbons (Fsp3) is 0.500. The molecule has 0 heterocycles. The molecule has 1 aromatic rings. The second-order valence-electron chi connectivity index (χ2n) is 4.26. The molecular formula is C12H15F3N2O2. The molecule has 7 heteroatoms. The van der Waals surface area contributed by atoms with E-state index in [1.807, 2.05) is 0 Å². The molecule has 1 rings (SSSR count). The highest BCUT2D eigenvalue weighted by molar-refractivity contribution is 5.55. The van der Waals surface area contributed by atoms with Crippen molar-refractivity contribution in [1.82, 2.24) is 0 Å². The van der Waals surface area contributed by atoms with Gasteiger partial charge < -0.3 is 5.32 Å². The maximum absolute atomic E-state index is 11.9. The number of rotatable bonds is 6. The number of aryl methyl sites for hydroxylation is 1. The van der Waals surface area contributed by atoms with Crippen molar-refractivity contribution in [2.75, 3.05) is 11.9 Å². The first-order valence-electron chi connectivity index (χ1n) is 5.85. The average molecular weight is 276 g/mol. The molecule has 0 saturated carbocycles. The highest BCUT2D eigenvalue weighted by Crippen LogP contribution is 2.23. The first kappa shape index (κ1) is 15.3. The summed E-state index contributed by atoms with van der Waals surface area (Å²) in [5.41, 5.74) is 1.41. The van der Waals surface area contributed by atoms with Gasteiger partial charge in [-0.15, -0.1) is 0 Å². The Balaban J connectivity index is 2.40. The van der Waals surface area contributed by atoms with Crippen LogP contribution in [-0.4, -0.2) is 17.6 Å². The highest BCUT2D eigenvalue weighted by Gasteiger charge is 2.25. The molecule has 1 N–H and O–H groups in total. The van der Waals surface area contributed by atoms with Crippen molar-refractivity contribution >= 4 is 11.4 Å². The summed E-state index contributed by atoms with van der Waals surface area (Å²) in [7, 11) is 0. The van der Waals surface area contributed by atoms with Crippen molar-refractivity contribution in [1.29, 1.82) is 0 Å². The molecule has 19 heavy (non-hydrogen) atoms. The zero-order valence-electron chi connectivity index (χ0n) is 10.5. The molecule has 0 aliphatic rings. The van der Waals surface area contributed by atoms with E-state index in [4.69, 9.17) is 0 Å². The fourth-order valence-electron chi connectivity index (χ4n) is 1.63. The van der Waals surface area contributed by atoms with Crippen molar-refractivity contribution in [3.05, 3.63) is 33.9 Å². The van der Waals surface area contributed by atoms with Gasteiger partial charge in [0.1, 0.15) is 0 Å². The Morgan fingerprint density at radius 2 is 2.00 bits per heavy atom. The van der Waals surface area contributed by atoms with E-state index in [0.717, 1.165) is 0 Å². The SMILES string of the molecule is Cc1cc([N+](=O)[O-])ccc1NCCCCC(F)(F)F. The van der Waals surface area contributed by atoms with Crippen LogP contribution in [0.15, 0.2) is 18.2 Å². The first-order valence-corrected chi connectivity index (χ1v) is 5.85. The molecule has 0 aromatic heterocycles. The van der Waals surface area contributed by atoms with Gasteiger partial charge in [-0.3, -0.25) is 10.1 Å². The first-order chi connectivity index (χ1) is 8.79. The van der Waals surface area contributed by atoms with Crippen LogP contribution in [0.3, 0.4) is 0 Å². The highest BCUT2D eigenvalue weighted by atomic mass is 19.4. The lowest BCUT2D eigenvalue weighted by Crippen LogP contribution is -2.09. The number of unbranched alkanes of at least 4 members (excludes halogenated alkanes) is 1. The molecular weight excluding hydrogens is 261 g/mol. The topological polar surface area (TPSA) is 55.2 Å². The normalized spacial score (nSPS) is 11.4. The lowest BCUT2D eigenvalue weighted by atomic mass is 10.1. The van der Waals surface area contributed by atoms with Gasteiger partial charge in [-0.25, -0.2) is 0 Å². The summed E-state index contributed by atoms with van der Waals surface area (Å²) in [6, 6.07) is 4.36. The summed E-state index contributed by atoms with van der Waals surface area (Å²) in [6.45, 7) is 2.12. The zero-order chi connectivity index (χ0) is 14.5. The number of benzene rings is 1. The van der Waals surface area contributed by atoms with Gasteiger partial charge in [-0.1, -0.05) is 0 Å². The summed E-state index contributed by atoms with van der Waals surface area (Å²) < 4.78 is 35.7. The number of non-ortho nitro benzene ring substituents is 1. The van der Waals surface area contributed by atoms with Crippen LogP contribution in [0.1, 0.15) is 24.8 Å². The van der Waals surface area contributed by atoms with Crippen molar-refractivity contribution in [2.45, 2.75) is 32.4 Å². The summed E-state index contributed by atoms with van der Waals surface area (Å²) in [4.78, 5) is 10.1. The summed E-state index contributed by atoms with van der Waals surface area (Å²) in [6.07, 6.45) is -4.42. The second kappa shape index (κ2) is 6.40. The van der Waals surface area contributed by atoms with Gasteiger partial charge in [0.15, 0.2) is 0 Å². The van der Waals surface area contributed by atoms with Crippen molar-refractivity contribution in [2.24, 2.45) is 0 Å². The third kappa shape index (κ3) is 5.58. The van der Waals surface area contributed by atoms with Crippen LogP contribution in [0.25, 0.3) is 0 Å². The fourth-order valence-corrected chi connectivity index (χ4v) is 1.63. The molecule has 0 amide bonds. The zero-order valence-corrected chi connectivity index (χ0v) is 10.5. The number of halogens is 3. The third-order valence-electron chi connectivity index (χ3n) is 2.62. The predicted molar refractivity (Wildman–Crippen MR) is 66.2 cm³/mol. The lowest BCUT2D eigenvalue weighted by molar-refractivity contribution is -0.384. The molecule has 0 aliphatic carbocycles. The molecule has 0 saturated heterocycles. The van der Waals surface area contributed by atoms with Crippen LogP contribution >= 0.6 is 0 Å². The summed E-state index contributed by atoms with van der Waals surface area (Å²) >= 11 is 0. The van der Waals surface area contributed by atoms with E-state index in [9.17, 15) is 23.3 Å². The third-order valence-corrected chi connectivity index (χ3v) is 2.62. The van der Waals surface area contributed by atoms with Gasteiger partial charge in [0.05, 0.1) is 4.92 Å². The Kier molecular flexibility index (Phi) is 5.14. The Morgan fingerprint density at radius 3 is 2.53 bits per heavy atom. The number of nitro benzene ring substituents is 1. The number of anilines is 1. The van der Waals surface area contributed by atoms with Crippen LogP contribution in [0.4, 0.5) is 24.5 Å². The van der Waals surface area contributed by atoms with Gasteiger partial charge in [0.2, 0.25) is 0 Å². The van der Waals surface area contributed by atoms with Crippen LogP contribution < -0.4 is 5.32 Å². The Bertz CT molecular complexity index is 447. The molecule has 4 nitrogen and oxygen atoms in total. The molecule has 0 fully saturated rings. The van der Waals surface area contributed by atoms with Crippen molar-refractivity contribution in [3.8, 4) is 0 Å². The Hall–Kier alpha value is -1.79. The predicted octanol–water partition coefficient (Wildman–Crippen LogP) is 4.05. The van der Waals surface area contributed by atoms with E-state index < -0.39 is 17.5 Å². The van der Waals surface area contributed by atoms with E-state index in [1.165, 1.54) is 12.1 Å². The smallest absolute Gasteiger partial charge is 0.385 e. The maximum Gasteiger partial charge on any atom is 0.389 e. The van der Waals surface area contributed by atoms with E-state index in [2.05, 4.69) is 5.32 Å².